The number of halogens is 2. The van der Waals surface area contributed by atoms with E-state index in [0.717, 1.165) is 16.7 Å². The lowest BCUT2D eigenvalue weighted by molar-refractivity contribution is 0.457. The van der Waals surface area contributed by atoms with Crippen molar-refractivity contribution in [3.63, 3.8) is 0 Å². The maximum atomic E-state index is 12.9. The van der Waals surface area contributed by atoms with Crippen LogP contribution >= 0.6 is 11.6 Å². The number of nitrogens with one attached hydrogen (secondary N) is 1. The van der Waals surface area contributed by atoms with Crippen LogP contribution in [0.25, 0.3) is 0 Å². The molecule has 0 aliphatic carbocycles. The van der Waals surface area contributed by atoms with Crippen LogP contribution < -0.4 is 16.6 Å². The fourth-order valence-electron chi connectivity index (χ4n) is 1.27. The fraction of sp³-hybridized carbons (Fsp3) is 0.0909. The molecule has 7 heteroatoms. The average molecular weight is 271 g/mol. The lowest BCUT2D eigenvalue weighted by atomic mass is 10.3. The van der Waals surface area contributed by atoms with Gasteiger partial charge in [0.05, 0.1) is 11.1 Å². The van der Waals surface area contributed by atoms with Crippen LogP contribution in [0.15, 0.2) is 38.3 Å². The summed E-state index contributed by atoms with van der Waals surface area (Å²) in [5.74, 6) is -1.39. The predicted octanol–water partition coefficient (Wildman–Crippen LogP) is 1.87. The van der Waals surface area contributed by atoms with Gasteiger partial charge in [-0.2, -0.15) is 0 Å². The van der Waals surface area contributed by atoms with Crippen molar-refractivity contribution in [3.05, 3.63) is 56.0 Å². The highest BCUT2D eigenvalue weighted by Crippen LogP contribution is 2.21. The van der Waals surface area contributed by atoms with Crippen molar-refractivity contribution in [2.24, 2.45) is 7.05 Å². The minimum absolute atomic E-state index is 0.0363. The summed E-state index contributed by atoms with van der Waals surface area (Å²) >= 11 is 5.59. The van der Waals surface area contributed by atoms with E-state index in [1.807, 2.05) is 0 Å². The van der Waals surface area contributed by atoms with Crippen molar-refractivity contribution in [1.29, 1.82) is 0 Å². The molecule has 1 aromatic heterocycles. The van der Waals surface area contributed by atoms with Crippen molar-refractivity contribution in [2.75, 3.05) is 5.32 Å². The van der Waals surface area contributed by atoms with E-state index < -0.39 is 17.1 Å². The number of rotatable bonds is 2. The highest BCUT2D eigenvalue weighted by Gasteiger charge is 2.05. The van der Waals surface area contributed by atoms with Crippen molar-refractivity contribution in [2.45, 2.75) is 0 Å². The number of nitrogens with zero attached hydrogens (tertiary/aromatic N) is 1. The minimum atomic E-state index is -0.793. The van der Waals surface area contributed by atoms with Gasteiger partial charge in [-0.15, -0.1) is 0 Å². The summed E-state index contributed by atoms with van der Waals surface area (Å²) in [5.41, 5.74) is -0.111. The van der Waals surface area contributed by atoms with Gasteiger partial charge < -0.3 is 9.73 Å². The van der Waals surface area contributed by atoms with Gasteiger partial charge in [0.2, 0.25) is 5.88 Å². The molecule has 1 N–H and O–H groups in total. The second-order valence-corrected chi connectivity index (χ2v) is 3.93. The lowest BCUT2D eigenvalue weighted by Gasteiger charge is -2.05. The molecule has 0 saturated heterocycles. The van der Waals surface area contributed by atoms with Crippen LogP contribution in [0.1, 0.15) is 0 Å². The van der Waals surface area contributed by atoms with Gasteiger partial charge in [-0.1, -0.05) is 11.6 Å². The molecule has 0 saturated carbocycles. The second kappa shape index (κ2) is 4.66. The van der Waals surface area contributed by atoms with Gasteiger partial charge in [-0.05, 0) is 18.2 Å². The summed E-state index contributed by atoms with van der Waals surface area (Å²) < 4.78 is 18.6. The van der Waals surface area contributed by atoms with E-state index in [9.17, 15) is 14.0 Å². The molecule has 0 bridgehead atoms. The zero-order valence-corrected chi connectivity index (χ0v) is 9.99. The maximum absolute atomic E-state index is 12.9. The zero-order chi connectivity index (χ0) is 13.3. The third-order valence-electron chi connectivity index (χ3n) is 2.24. The van der Waals surface area contributed by atoms with Gasteiger partial charge in [0.25, 0.3) is 5.56 Å². The maximum Gasteiger partial charge on any atom is 0.423 e. The number of hydrogen-bond acceptors (Lipinski definition) is 4. The molecular weight excluding hydrogens is 263 g/mol. The van der Waals surface area contributed by atoms with Crippen molar-refractivity contribution < 1.29 is 8.81 Å². The molecule has 0 atom stereocenters. The van der Waals surface area contributed by atoms with Crippen LogP contribution in [0.3, 0.4) is 0 Å². The van der Waals surface area contributed by atoms with E-state index in [1.54, 1.807) is 0 Å². The molecule has 5 nitrogen and oxygen atoms in total. The van der Waals surface area contributed by atoms with Crippen molar-refractivity contribution in [1.82, 2.24) is 4.57 Å². The number of aromatic nitrogens is 1. The zero-order valence-electron chi connectivity index (χ0n) is 9.24. The molecule has 18 heavy (non-hydrogen) atoms. The number of hydrogen-bond donors (Lipinski definition) is 1. The van der Waals surface area contributed by atoms with Gasteiger partial charge in [0.1, 0.15) is 5.82 Å². The molecule has 0 amide bonds. The summed E-state index contributed by atoms with van der Waals surface area (Å²) in [6.07, 6.45) is 0. The van der Waals surface area contributed by atoms with Crippen LogP contribution in [-0.4, -0.2) is 4.57 Å². The Morgan fingerprint density at radius 3 is 2.67 bits per heavy atom. The molecule has 1 aromatic carbocycles. The van der Waals surface area contributed by atoms with Crippen molar-refractivity contribution >= 4 is 23.2 Å². The Morgan fingerprint density at radius 1 is 1.33 bits per heavy atom. The van der Waals surface area contributed by atoms with Crippen LogP contribution in [0.2, 0.25) is 5.02 Å². The first-order chi connectivity index (χ1) is 8.47. The summed E-state index contributed by atoms with van der Waals surface area (Å²) in [7, 11) is 1.30. The highest BCUT2D eigenvalue weighted by molar-refractivity contribution is 6.31. The van der Waals surface area contributed by atoms with Gasteiger partial charge in [0.15, 0.2) is 0 Å². The smallest absolute Gasteiger partial charge is 0.393 e. The van der Waals surface area contributed by atoms with Crippen LogP contribution in [-0.2, 0) is 7.05 Å². The SMILES string of the molecule is Cn1c(=O)cc(Nc2ccc(F)c(Cl)c2)oc1=O. The average Bonchev–Trinajstić information content (AvgIpc) is 2.31. The van der Waals surface area contributed by atoms with E-state index >= 15 is 0 Å². The highest BCUT2D eigenvalue weighted by atomic mass is 35.5. The summed E-state index contributed by atoms with van der Waals surface area (Å²) in [6, 6.07) is 4.98. The third kappa shape index (κ3) is 2.43. The fourth-order valence-corrected chi connectivity index (χ4v) is 1.45. The molecule has 0 aliphatic heterocycles. The standard InChI is InChI=1S/C11H8ClFN2O3/c1-15-10(16)5-9(18-11(15)17)14-6-2-3-8(13)7(12)4-6/h2-5,14H,1H3. The van der Waals surface area contributed by atoms with E-state index in [4.69, 9.17) is 16.0 Å². The molecule has 94 valence electrons. The molecule has 2 rings (SSSR count). The van der Waals surface area contributed by atoms with Crippen LogP contribution in [0.5, 0.6) is 0 Å². The molecular formula is C11H8ClFN2O3. The summed E-state index contributed by atoms with van der Waals surface area (Å²) in [6.45, 7) is 0. The molecule has 0 radical (unpaired) electrons. The largest absolute Gasteiger partial charge is 0.423 e. The first kappa shape index (κ1) is 12.4. The first-order valence-corrected chi connectivity index (χ1v) is 5.28. The third-order valence-corrected chi connectivity index (χ3v) is 2.53. The predicted molar refractivity (Wildman–Crippen MR) is 64.9 cm³/mol. The molecule has 1 heterocycles. The van der Waals surface area contributed by atoms with Gasteiger partial charge in [-0.25, -0.2) is 13.8 Å². The Hall–Kier alpha value is -2.08. The molecule has 0 fully saturated rings. The minimum Gasteiger partial charge on any atom is -0.393 e. The molecule has 0 spiro atoms. The van der Waals surface area contributed by atoms with E-state index in [1.165, 1.54) is 19.2 Å². The normalized spacial score (nSPS) is 10.4. The quantitative estimate of drug-likeness (QED) is 0.905. The Balaban J connectivity index is 2.37. The van der Waals surface area contributed by atoms with E-state index in [0.29, 0.717) is 5.69 Å². The first-order valence-electron chi connectivity index (χ1n) is 4.90. The topological polar surface area (TPSA) is 64.2 Å². The Bertz CT molecular complexity index is 677. The van der Waals surface area contributed by atoms with E-state index in [2.05, 4.69) is 5.32 Å². The van der Waals surface area contributed by atoms with Crippen molar-refractivity contribution in [3.8, 4) is 0 Å². The summed E-state index contributed by atoms with van der Waals surface area (Å²) in [5, 5.41) is 2.57. The number of anilines is 2. The second-order valence-electron chi connectivity index (χ2n) is 3.53. The van der Waals surface area contributed by atoms with E-state index in [-0.39, 0.29) is 10.9 Å². The van der Waals surface area contributed by atoms with Gasteiger partial charge >= 0.3 is 5.76 Å². The van der Waals surface area contributed by atoms with Crippen LogP contribution in [0, 0.1) is 5.82 Å². The monoisotopic (exact) mass is 270 g/mol. The molecule has 2 aromatic rings. The van der Waals surface area contributed by atoms with Gasteiger partial charge in [-0.3, -0.25) is 4.79 Å². The Labute approximate surface area is 105 Å². The van der Waals surface area contributed by atoms with Gasteiger partial charge in [0, 0.05) is 12.7 Å². The Morgan fingerprint density at radius 2 is 2.06 bits per heavy atom. The van der Waals surface area contributed by atoms with Crippen LogP contribution in [0.4, 0.5) is 16.0 Å². The Kier molecular flexibility index (Phi) is 3.20. The molecule has 0 aliphatic rings. The number of benzene rings is 1. The summed E-state index contributed by atoms with van der Waals surface area (Å²) in [4.78, 5) is 22.6. The lowest BCUT2D eigenvalue weighted by Crippen LogP contribution is -2.29. The molecule has 0 unspecified atom stereocenters.